The maximum atomic E-state index is 10.8. The highest BCUT2D eigenvalue weighted by Gasteiger charge is 2.20. The van der Waals surface area contributed by atoms with Crippen molar-refractivity contribution in [2.24, 2.45) is 5.92 Å². The molecule has 76 valence electrons. The van der Waals surface area contributed by atoms with E-state index in [1.165, 1.54) is 3.57 Å². The lowest BCUT2D eigenvalue weighted by Crippen LogP contribution is -2.16. The Balaban J connectivity index is 2.84. The molecule has 0 aliphatic heterocycles. The molecule has 1 aromatic rings. The van der Waals surface area contributed by atoms with Crippen LogP contribution in [0.25, 0.3) is 0 Å². The second-order valence-electron chi connectivity index (χ2n) is 3.47. The van der Waals surface area contributed by atoms with Crippen LogP contribution in [-0.2, 0) is 4.79 Å². The Morgan fingerprint density at radius 3 is 2.21 bits per heavy atom. The van der Waals surface area contributed by atoms with E-state index in [2.05, 4.69) is 22.6 Å². The molecule has 0 radical (unpaired) electrons. The molecule has 0 aromatic heterocycles. The maximum Gasteiger partial charge on any atom is 0.306 e. The minimum Gasteiger partial charge on any atom is -0.481 e. The van der Waals surface area contributed by atoms with Gasteiger partial charge in [0, 0.05) is 3.57 Å². The van der Waals surface area contributed by atoms with Gasteiger partial charge in [0.05, 0.1) is 5.92 Å². The molecular weight excluding hydrogens is 291 g/mol. The largest absolute Gasteiger partial charge is 0.481 e. The van der Waals surface area contributed by atoms with Gasteiger partial charge < -0.3 is 5.11 Å². The fourth-order valence-electron chi connectivity index (χ4n) is 1.27. The zero-order valence-electron chi connectivity index (χ0n) is 8.20. The lowest BCUT2D eigenvalue weighted by molar-refractivity contribution is -0.141. The van der Waals surface area contributed by atoms with Crippen LogP contribution in [0.15, 0.2) is 24.3 Å². The zero-order valence-corrected chi connectivity index (χ0v) is 10.4. The van der Waals surface area contributed by atoms with Crippen LogP contribution >= 0.6 is 22.6 Å². The SMILES string of the molecule is CC(C(=O)O)C(C)c1ccc(I)cc1. The van der Waals surface area contributed by atoms with Gasteiger partial charge >= 0.3 is 5.97 Å². The van der Waals surface area contributed by atoms with Crippen molar-refractivity contribution in [2.75, 3.05) is 0 Å². The summed E-state index contributed by atoms with van der Waals surface area (Å²) in [6.07, 6.45) is 0. The van der Waals surface area contributed by atoms with E-state index in [1.807, 2.05) is 31.2 Å². The molecule has 0 aliphatic rings. The lowest BCUT2D eigenvalue weighted by Gasteiger charge is -2.16. The average molecular weight is 304 g/mol. The van der Waals surface area contributed by atoms with Crippen LogP contribution in [0.3, 0.4) is 0 Å². The Morgan fingerprint density at radius 2 is 1.79 bits per heavy atom. The van der Waals surface area contributed by atoms with Gasteiger partial charge in [-0.1, -0.05) is 26.0 Å². The summed E-state index contributed by atoms with van der Waals surface area (Å²) in [4.78, 5) is 10.8. The molecule has 14 heavy (non-hydrogen) atoms. The number of carboxylic acids is 1. The molecular formula is C11H13IO2. The standard InChI is InChI=1S/C11H13IO2/c1-7(8(2)11(13)14)9-3-5-10(12)6-4-9/h3-8H,1-2H3,(H,13,14). The molecule has 2 nitrogen and oxygen atoms in total. The number of benzene rings is 1. The number of halogens is 1. The Labute approximate surface area is 97.5 Å². The summed E-state index contributed by atoms with van der Waals surface area (Å²) in [6.45, 7) is 3.69. The van der Waals surface area contributed by atoms with Gasteiger partial charge in [-0.2, -0.15) is 0 Å². The molecule has 0 aliphatic carbocycles. The highest BCUT2D eigenvalue weighted by atomic mass is 127. The van der Waals surface area contributed by atoms with E-state index < -0.39 is 5.97 Å². The molecule has 0 spiro atoms. The van der Waals surface area contributed by atoms with E-state index in [9.17, 15) is 4.79 Å². The molecule has 0 heterocycles. The predicted octanol–water partition coefficient (Wildman–Crippen LogP) is 3.12. The number of rotatable bonds is 3. The van der Waals surface area contributed by atoms with Crippen LogP contribution in [-0.4, -0.2) is 11.1 Å². The van der Waals surface area contributed by atoms with Gasteiger partial charge in [0.15, 0.2) is 0 Å². The van der Waals surface area contributed by atoms with Gasteiger partial charge in [-0.3, -0.25) is 4.79 Å². The summed E-state index contributed by atoms with van der Waals surface area (Å²) in [6, 6.07) is 7.99. The second-order valence-corrected chi connectivity index (χ2v) is 4.71. The number of hydrogen-bond acceptors (Lipinski definition) is 1. The van der Waals surface area contributed by atoms with Crippen LogP contribution < -0.4 is 0 Å². The molecule has 2 atom stereocenters. The number of carboxylic acid groups (broad SMARTS) is 1. The molecule has 0 saturated heterocycles. The summed E-state index contributed by atoms with van der Waals surface area (Å²) in [5.74, 6) is -1.02. The Bertz CT molecular complexity index is 319. The van der Waals surface area contributed by atoms with Crippen molar-refractivity contribution < 1.29 is 9.90 Å². The molecule has 0 fully saturated rings. The molecule has 0 bridgehead atoms. The van der Waals surface area contributed by atoms with Crippen molar-refractivity contribution in [2.45, 2.75) is 19.8 Å². The number of hydrogen-bond donors (Lipinski definition) is 1. The van der Waals surface area contributed by atoms with Gasteiger partial charge in [-0.25, -0.2) is 0 Å². The first-order chi connectivity index (χ1) is 6.52. The van der Waals surface area contributed by atoms with Gasteiger partial charge in [0.25, 0.3) is 0 Å². The Morgan fingerprint density at radius 1 is 1.29 bits per heavy atom. The zero-order chi connectivity index (χ0) is 10.7. The third kappa shape index (κ3) is 2.70. The van der Waals surface area contributed by atoms with E-state index in [0.29, 0.717) is 0 Å². The summed E-state index contributed by atoms with van der Waals surface area (Å²) in [5, 5.41) is 8.87. The molecule has 1 aromatic carbocycles. The molecule has 1 N–H and O–H groups in total. The first-order valence-electron chi connectivity index (χ1n) is 4.50. The fraction of sp³-hybridized carbons (Fsp3) is 0.364. The van der Waals surface area contributed by atoms with Crippen LogP contribution in [0.5, 0.6) is 0 Å². The topological polar surface area (TPSA) is 37.3 Å². The highest BCUT2D eigenvalue weighted by molar-refractivity contribution is 14.1. The van der Waals surface area contributed by atoms with E-state index >= 15 is 0 Å². The van der Waals surface area contributed by atoms with Crippen molar-refractivity contribution in [3.05, 3.63) is 33.4 Å². The molecule has 1 rings (SSSR count). The average Bonchev–Trinajstić information content (AvgIpc) is 2.16. The number of carbonyl (C=O) groups is 1. The molecule has 0 saturated carbocycles. The Kier molecular flexibility index (Phi) is 3.92. The van der Waals surface area contributed by atoms with E-state index in [1.54, 1.807) is 6.92 Å². The monoisotopic (exact) mass is 304 g/mol. The van der Waals surface area contributed by atoms with E-state index in [-0.39, 0.29) is 11.8 Å². The van der Waals surface area contributed by atoms with Gasteiger partial charge in [-0.15, -0.1) is 0 Å². The van der Waals surface area contributed by atoms with Gasteiger partial charge in [0.2, 0.25) is 0 Å². The first kappa shape index (κ1) is 11.5. The van der Waals surface area contributed by atoms with E-state index in [0.717, 1.165) is 5.56 Å². The van der Waals surface area contributed by atoms with Crippen LogP contribution in [0.2, 0.25) is 0 Å². The van der Waals surface area contributed by atoms with Crippen molar-refractivity contribution >= 4 is 28.6 Å². The highest BCUT2D eigenvalue weighted by Crippen LogP contribution is 2.24. The lowest BCUT2D eigenvalue weighted by atomic mass is 9.89. The molecule has 2 unspecified atom stereocenters. The third-order valence-electron chi connectivity index (χ3n) is 2.54. The number of aliphatic carboxylic acids is 1. The Hall–Kier alpha value is -0.580. The summed E-state index contributed by atoms with van der Waals surface area (Å²) in [5.41, 5.74) is 1.08. The quantitative estimate of drug-likeness (QED) is 0.871. The van der Waals surface area contributed by atoms with Gasteiger partial charge in [0.1, 0.15) is 0 Å². The second kappa shape index (κ2) is 4.77. The van der Waals surface area contributed by atoms with Gasteiger partial charge in [-0.05, 0) is 46.2 Å². The molecule has 3 heteroatoms. The molecule has 0 amide bonds. The van der Waals surface area contributed by atoms with Crippen molar-refractivity contribution in [1.29, 1.82) is 0 Å². The minimum atomic E-state index is -0.740. The van der Waals surface area contributed by atoms with Crippen LogP contribution in [0.1, 0.15) is 25.3 Å². The van der Waals surface area contributed by atoms with Crippen molar-refractivity contribution in [1.82, 2.24) is 0 Å². The first-order valence-corrected chi connectivity index (χ1v) is 5.58. The smallest absolute Gasteiger partial charge is 0.306 e. The maximum absolute atomic E-state index is 10.8. The summed E-state index contributed by atoms with van der Waals surface area (Å²) >= 11 is 2.23. The summed E-state index contributed by atoms with van der Waals surface area (Å²) in [7, 11) is 0. The third-order valence-corrected chi connectivity index (χ3v) is 3.25. The minimum absolute atomic E-state index is 0.0597. The van der Waals surface area contributed by atoms with Crippen molar-refractivity contribution in [3.63, 3.8) is 0 Å². The fourth-order valence-corrected chi connectivity index (χ4v) is 1.63. The van der Waals surface area contributed by atoms with Crippen molar-refractivity contribution in [3.8, 4) is 0 Å². The normalized spacial score (nSPS) is 14.8. The van der Waals surface area contributed by atoms with Crippen LogP contribution in [0.4, 0.5) is 0 Å². The van der Waals surface area contributed by atoms with E-state index in [4.69, 9.17) is 5.11 Å². The predicted molar refractivity (Wildman–Crippen MR) is 64.4 cm³/mol. The summed E-state index contributed by atoms with van der Waals surface area (Å²) < 4.78 is 1.17. The van der Waals surface area contributed by atoms with Crippen LogP contribution in [0, 0.1) is 9.49 Å².